The van der Waals surface area contributed by atoms with E-state index in [4.69, 9.17) is 11.6 Å². The minimum atomic E-state index is -4.03. The Bertz CT molecular complexity index is 1230. The molecule has 168 valence electrons. The van der Waals surface area contributed by atoms with Crippen LogP contribution in [0.5, 0.6) is 0 Å². The Hall–Kier alpha value is -2.40. The van der Waals surface area contributed by atoms with Crippen molar-refractivity contribution in [1.29, 1.82) is 0 Å². The van der Waals surface area contributed by atoms with Crippen LogP contribution in [0.1, 0.15) is 11.1 Å². The molecule has 0 saturated carbocycles. The van der Waals surface area contributed by atoms with Gasteiger partial charge in [0.05, 0.1) is 10.6 Å². The highest BCUT2D eigenvalue weighted by Gasteiger charge is 2.28. The summed E-state index contributed by atoms with van der Waals surface area (Å²) in [6.07, 6.45) is 1.74. The molecule has 0 saturated heterocycles. The first-order valence-electron chi connectivity index (χ1n) is 9.43. The van der Waals surface area contributed by atoms with Gasteiger partial charge in [0.25, 0.3) is 10.0 Å². The van der Waals surface area contributed by atoms with E-state index in [2.05, 4.69) is 22.1 Å². The third kappa shape index (κ3) is 5.89. The molecule has 32 heavy (non-hydrogen) atoms. The van der Waals surface area contributed by atoms with E-state index < -0.39 is 22.5 Å². The number of aryl methyl sites for hydroxylation is 2. The number of carbonyl (C=O) groups is 1. The van der Waals surface area contributed by atoms with E-state index in [0.717, 1.165) is 15.4 Å². The van der Waals surface area contributed by atoms with Crippen LogP contribution in [0, 0.1) is 13.8 Å². The van der Waals surface area contributed by atoms with Gasteiger partial charge in [-0.2, -0.15) is 0 Å². The molecule has 11 heteroatoms. The fourth-order valence-electron chi connectivity index (χ4n) is 2.67. The van der Waals surface area contributed by atoms with E-state index in [0.29, 0.717) is 25.9 Å². The van der Waals surface area contributed by atoms with Crippen molar-refractivity contribution in [2.45, 2.75) is 23.1 Å². The summed E-state index contributed by atoms with van der Waals surface area (Å²) in [6, 6.07) is 11.1. The van der Waals surface area contributed by atoms with Crippen LogP contribution in [0.25, 0.3) is 0 Å². The lowest BCUT2D eigenvalue weighted by Crippen LogP contribution is -2.38. The van der Waals surface area contributed by atoms with Crippen LogP contribution in [0.4, 0.5) is 10.8 Å². The Morgan fingerprint density at radius 3 is 2.56 bits per heavy atom. The molecule has 1 N–H and O–H groups in total. The Balaban J connectivity index is 1.89. The zero-order chi connectivity index (χ0) is 23.3. The van der Waals surface area contributed by atoms with Crippen LogP contribution in [0.15, 0.2) is 64.4 Å². The van der Waals surface area contributed by atoms with Crippen LogP contribution in [0.2, 0.25) is 5.02 Å². The molecule has 0 spiro atoms. The third-order valence-corrected chi connectivity index (χ3v) is 8.45. The van der Waals surface area contributed by atoms with Crippen molar-refractivity contribution >= 4 is 61.4 Å². The van der Waals surface area contributed by atoms with Gasteiger partial charge in [0.2, 0.25) is 11.0 Å². The number of nitrogens with zero attached hydrogens (tertiary/aromatic N) is 3. The highest BCUT2D eigenvalue weighted by molar-refractivity contribution is 8.01. The summed E-state index contributed by atoms with van der Waals surface area (Å²) in [5.41, 5.74) is 2.31. The van der Waals surface area contributed by atoms with E-state index in [1.165, 1.54) is 47.4 Å². The minimum Gasteiger partial charge on any atom is -0.299 e. The topological polar surface area (TPSA) is 92.3 Å². The lowest BCUT2D eigenvalue weighted by Gasteiger charge is -2.24. The first kappa shape index (κ1) is 24.2. The van der Waals surface area contributed by atoms with Crippen molar-refractivity contribution in [3.63, 3.8) is 0 Å². The average molecular weight is 509 g/mol. The van der Waals surface area contributed by atoms with Crippen molar-refractivity contribution < 1.29 is 13.2 Å². The molecule has 0 bridgehead atoms. The lowest BCUT2D eigenvalue weighted by molar-refractivity contribution is -0.114. The lowest BCUT2D eigenvalue weighted by atomic mass is 10.1. The van der Waals surface area contributed by atoms with Gasteiger partial charge < -0.3 is 0 Å². The summed E-state index contributed by atoms with van der Waals surface area (Å²) in [7, 11) is -4.03. The van der Waals surface area contributed by atoms with Crippen LogP contribution in [0.3, 0.4) is 0 Å². The average Bonchev–Trinajstić information content (AvgIpc) is 3.20. The molecule has 3 aromatic rings. The number of nitrogens with one attached hydrogen (secondary N) is 1. The van der Waals surface area contributed by atoms with E-state index in [1.807, 2.05) is 19.9 Å². The molecule has 0 unspecified atom stereocenters. The first-order valence-corrected chi connectivity index (χ1v) is 13.1. The van der Waals surface area contributed by atoms with E-state index in [1.54, 1.807) is 18.2 Å². The summed E-state index contributed by atoms with van der Waals surface area (Å²) in [4.78, 5) is 12.8. The molecule has 0 aliphatic carbocycles. The monoisotopic (exact) mass is 508 g/mol. The maximum atomic E-state index is 13.4. The molecular formula is C21H21ClN4O3S3. The molecule has 1 heterocycles. The largest absolute Gasteiger partial charge is 0.299 e. The molecule has 1 amide bonds. The Morgan fingerprint density at radius 1 is 1.19 bits per heavy atom. The predicted octanol–water partition coefficient (Wildman–Crippen LogP) is 4.92. The van der Waals surface area contributed by atoms with E-state index >= 15 is 0 Å². The van der Waals surface area contributed by atoms with Gasteiger partial charge in [-0.25, -0.2) is 8.42 Å². The second-order valence-electron chi connectivity index (χ2n) is 6.76. The van der Waals surface area contributed by atoms with Crippen molar-refractivity contribution in [3.8, 4) is 0 Å². The zero-order valence-corrected chi connectivity index (χ0v) is 20.6. The molecule has 0 fully saturated rings. The molecule has 0 atom stereocenters. The second kappa shape index (κ2) is 10.5. The van der Waals surface area contributed by atoms with Gasteiger partial charge in [-0.1, -0.05) is 46.8 Å². The number of sulfonamides is 1. The van der Waals surface area contributed by atoms with Gasteiger partial charge in [0, 0.05) is 10.8 Å². The van der Waals surface area contributed by atoms with Gasteiger partial charge in [0.1, 0.15) is 6.54 Å². The molecule has 0 aliphatic heterocycles. The Labute approximate surface area is 200 Å². The third-order valence-electron chi connectivity index (χ3n) is 4.44. The highest BCUT2D eigenvalue weighted by Crippen LogP contribution is 2.28. The molecule has 0 radical (unpaired) electrons. The number of benzene rings is 2. The first-order chi connectivity index (χ1) is 15.2. The highest BCUT2D eigenvalue weighted by atomic mass is 35.5. The summed E-state index contributed by atoms with van der Waals surface area (Å²) in [5, 5.41) is 11.3. The quantitative estimate of drug-likeness (QED) is 0.250. The number of hydrogen-bond donors (Lipinski definition) is 1. The molecule has 1 aromatic heterocycles. The van der Waals surface area contributed by atoms with Crippen LogP contribution >= 0.6 is 34.7 Å². The predicted molar refractivity (Wildman–Crippen MR) is 131 cm³/mol. The number of hydrogen-bond acceptors (Lipinski definition) is 7. The van der Waals surface area contributed by atoms with Gasteiger partial charge in [0.15, 0.2) is 4.34 Å². The van der Waals surface area contributed by atoms with Crippen molar-refractivity contribution in [2.24, 2.45) is 0 Å². The molecule has 3 rings (SSSR count). The summed E-state index contributed by atoms with van der Waals surface area (Å²) in [6.45, 7) is 7.04. The maximum Gasteiger partial charge on any atom is 0.264 e. The van der Waals surface area contributed by atoms with Crippen LogP contribution in [-0.2, 0) is 14.8 Å². The van der Waals surface area contributed by atoms with Gasteiger partial charge in [-0.3, -0.25) is 14.4 Å². The number of amides is 1. The Morgan fingerprint density at radius 2 is 1.91 bits per heavy atom. The number of rotatable bonds is 9. The fourth-order valence-corrected chi connectivity index (χ4v) is 5.74. The smallest absolute Gasteiger partial charge is 0.264 e. The summed E-state index contributed by atoms with van der Waals surface area (Å²) in [5.74, 6) is 0.139. The second-order valence-corrected chi connectivity index (χ2v) is 11.3. The van der Waals surface area contributed by atoms with Gasteiger partial charge in [-0.15, -0.1) is 16.8 Å². The minimum absolute atomic E-state index is 0.0342. The molecule has 7 nitrogen and oxygen atoms in total. The molecular weight excluding hydrogens is 488 g/mol. The standard InChI is InChI=1S/C21H21ClN4O3S3/c1-4-11-30-21-25-24-20(31-21)23-19(27)13-26(17-8-5-14(2)15(3)12-17)32(28,29)18-9-6-16(22)7-10-18/h4-10,12H,1,11,13H2,2-3H3,(H,23,24,27). The normalized spacial score (nSPS) is 11.2. The molecule has 0 aliphatic rings. The zero-order valence-electron chi connectivity index (χ0n) is 17.4. The molecule has 2 aromatic carbocycles. The van der Waals surface area contributed by atoms with Gasteiger partial charge >= 0.3 is 0 Å². The Kier molecular flexibility index (Phi) is 7.94. The number of halogens is 1. The van der Waals surface area contributed by atoms with Crippen molar-refractivity contribution in [2.75, 3.05) is 21.9 Å². The van der Waals surface area contributed by atoms with Crippen molar-refractivity contribution in [3.05, 3.63) is 71.3 Å². The van der Waals surface area contributed by atoms with E-state index in [-0.39, 0.29) is 4.90 Å². The van der Waals surface area contributed by atoms with Crippen LogP contribution in [-0.4, -0.2) is 36.8 Å². The van der Waals surface area contributed by atoms with Crippen molar-refractivity contribution in [1.82, 2.24) is 10.2 Å². The van der Waals surface area contributed by atoms with E-state index in [9.17, 15) is 13.2 Å². The number of carbonyl (C=O) groups excluding carboxylic acids is 1. The maximum absolute atomic E-state index is 13.4. The fraction of sp³-hybridized carbons (Fsp3) is 0.190. The summed E-state index contributed by atoms with van der Waals surface area (Å²) < 4.78 is 28.6. The van der Waals surface area contributed by atoms with Gasteiger partial charge in [-0.05, 0) is 61.4 Å². The summed E-state index contributed by atoms with van der Waals surface area (Å²) >= 11 is 8.57. The number of anilines is 2. The number of thioether (sulfide) groups is 1. The SMILES string of the molecule is C=CCSc1nnc(NC(=O)CN(c2ccc(C)c(C)c2)S(=O)(=O)c2ccc(Cl)cc2)s1. The number of aromatic nitrogens is 2. The van der Waals surface area contributed by atoms with Crippen LogP contribution < -0.4 is 9.62 Å².